The molecule has 0 amide bonds. The molecule has 24 heavy (non-hydrogen) atoms. The summed E-state index contributed by atoms with van der Waals surface area (Å²) >= 11 is 3.38. The number of hydrogen-bond acceptors (Lipinski definition) is 4. The van der Waals surface area contributed by atoms with Crippen molar-refractivity contribution in [3.05, 3.63) is 52.2 Å². The van der Waals surface area contributed by atoms with E-state index in [4.69, 9.17) is 14.4 Å². The third-order valence-electron chi connectivity index (χ3n) is 3.36. The molecule has 0 bridgehead atoms. The van der Waals surface area contributed by atoms with Crippen LogP contribution in [0.2, 0.25) is 0 Å². The zero-order valence-corrected chi connectivity index (χ0v) is 15.0. The average molecular weight is 388 g/mol. The first-order chi connectivity index (χ1) is 11.6. The first-order valence-electron chi connectivity index (χ1n) is 7.78. The van der Waals surface area contributed by atoms with Crippen molar-refractivity contribution >= 4 is 28.0 Å². The molecule has 0 aliphatic rings. The number of esters is 1. The summed E-state index contributed by atoms with van der Waals surface area (Å²) < 4.78 is 11.8. The van der Waals surface area contributed by atoms with E-state index in [2.05, 4.69) is 22.9 Å². The smallest absolute Gasteiger partial charge is 0.349 e. The van der Waals surface area contributed by atoms with E-state index < -0.39 is 5.97 Å². The first kappa shape index (κ1) is 18.0. The lowest BCUT2D eigenvalue weighted by molar-refractivity contribution is -0.138. The minimum absolute atomic E-state index is 0.0665. The van der Waals surface area contributed by atoms with E-state index in [9.17, 15) is 4.79 Å². The second kappa shape index (κ2) is 9.09. The molecule has 4 nitrogen and oxygen atoms in total. The quantitative estimate of drug-likeness (QED) is 0.278. The van der Waals surface area contributed by atoms with Crippen LogP contribution in [0, 0.1) is 11.3 Å². The third kappa shape index (κ3) is 5.10. The number of benzene rings is 1. The summed E-state index contributed by atoms with van der Waals surface area (Å²) in [6, 6.07) is 13.1. The first-order valence-corrected chi connectivity index (χ1v) is 8.58. The fourth-order valence-electron chi connectivity index (χ4n) is 2.07. The molecule has 2 rings (SSSR count). The summed E-state index contributed by atoms with van der Waals surface area (Å²) in [6.07, 6.45) is 4.25. The second-order valence-electron chi connectivity index (χ2n) is 5.22. The molecular weight excluding hydrogens is 370 g/mol. The topological polar surface area (TPSA) is 63.2 Å². The Morgan fingerprint density at radius 1 is 1.25 bits per heavy atom. The van der Waals surface area contributed by atoms with Gasteiger partial charge < -0.3 is 9.15 Å². The predicted octanol–water partition coefficient (Wildman–Crippen LogP) is 5.35. The molecule has 0 saturated heterocycles. The van der Waals surface area contributed by atoms with Gasteiger partial charge in [0.2, 0.25) is 0 Å². The van der Waals surface area contributed by atoms with Crippen molar-refractivity contribution in [3.63, 3.8) is 0 Å². The minimum Gasteiger partial charge on any atom is -0.462 e. The molecule has 2 aromatic rings. The van der Waals surface area contributed by atoms with Gasteiger partial charge in [0.15, 0.2) is 0 Å². The lowest BCUT2D eigenvalue weighted by Crippen LogP contribution is -2.07. The Balaban J connectivity index is 2.07. The van der Waals surface area contributed by atoms with Gasteiger partial charge in [-0.3, -0.25) is 0 Å². The van der Waals surface area contributed by atoms with Gasteiger partial charge in [-0.15, -0.1) is 0 Å². The van der Waals surface area contributed by atoms with E-state index in [1.165, 1.54) is 6.08 Å². The van der Waals surface area contributed by atoms with Gasteiger partial charge in [0.1, 0.15) is 23.2 Å². The van der Waals surface area contributed by atoms with Crippen LogP contribution in [-0.2, 0) is 9.53 Å². The van der Waals surface area contributed by atoms with Gasteiger partial charge in [0.05, 0.1) is 6.61 Å². The Kier molecular flexibility index (Phi) is 6.83. The molecule has 0 unspecified atom stereocenters. The van der Waals surface area contributed by atoms with Crippen molar-refractivity contribution in [1.29, 1.82) is 5.26 Å². The predicted molar refractivity (Wildman–Crippen MR) is 95.9 cm³/mol. The lowest BCUT2D eigenvalue weighted by atomic mass is 10.2. The van der Waals surface area contributed by atoms with Crippen molar-refractivity contribution in [2.24, 2.45) is 0 Å². The molecule has 0 saturated carbocycles. The summed E-state index contributed by atoms with van der Waals surface area (Å²) in [4.78, 5) is 11.9. The standard InChI is InChI=1S/C19H18BrNO3/c1-2-3-4-11-23-19(22)15(13-21)12-17-9-10-18(24-17)14-5-7-16(20)8-6-14/h5-10,12H,2-4,11H2,1H3/b15-12+. The van der Waals surface area contributed by atoms with Gasteiger partial charge in [0.25, 0.3) is 0 Å². The van der Waals surface area contributed by atoms with Crippen molar-refractivity contribution in [2.45, 2.75) is 26.2 Å². The number of furan rings is 1. The SMILES string of the molecule is CCCCCOC(=O)/C(C#N)=C/c1ccc(-c2ccc(Br)cc2)o1. The van der Waals surface area contributed by atoms with E-state index in [0.29, 0.717) is 18.1 Å². The molecule has 0 radical (unpaired) electrons. The van der Waals surface area contributed by atoms with Crippen LogP contribution in [0.5, 0.6) is 0 Å². The summed E-state index contributed by atoms with van der Waals surface area (Å²) in [6.45, 7) is 2.40. The normalized spacial score (nSPS) is 11.1. The van der Waals surface area contributed by atoms with Crippen molar-refractivity contribution in [1.82, 2.24) is 0 Å². The number of nitrogens with zero attached hydrogens (tertiary/aromatic N) is 1. The molecule has 5 heteroatoms. The number of halogens is 1. The highest BCUT2D eigenvalue weighted by Gasteiger charge is 2.12. The van der Waals surface area contributed by atoms with Crippen LogP contribution in [-0.4, -0.2) is 12.6 Å². The van der Waals surface area contributed by atoms with Crippen molar-refractivity contribution in [2.75, 3.05) is 6.61 Å². The maximum absolute atomic E-state index is 11.9. The summed E-state index contributed by atoms with van der Waals surface area (Å²) in [5.74, 6) is 0.493. The van der Waals surface area contributed by atoms with Crippen LogP contribution < -0.4 is 0 Å². The Bertz CT molecular complexity index is 754. The molecule has 0 aliphatic carbocycles. The van der Waals surface area contributed by atoms with Crippen molar-refractivity contribution < 1.29 is 13.9 Å². The number of carbonyl (C=O) groups excluding carboxylic acids is 1. The number of hydrogen-bond donors (Lipinski definition) is 0. The van der Waals surface area contributed by atoms with Crippen LogP contribution in [0.4, 0.5) is 0 Å². The Morgan fingerprint density at radius 2 is 2.00 bits per heavy atom. The van der Waals surface area contributed by atoms with Crippen LogP contribution in [0.3, 0.4) is 0 Å². The number of carbonyl (C=O) groups is 1. The largest absolute Gasteiger partial charge is 0.462 e. The van der Waals surface area contributed by atoms with Gasteiger partial charge in [-0.1, -0.05) is 47.8 Å². The summed E-state index contributed by atoms with van der Waals surface area (Å²) in [5, 5.41) is 9.15. The summed E-state index contributed by atoms with van der Waals surface area (Å²) in [5.41, 5.74) is 0.849. The molecule has 0 atom stereocenters. The zero-order valence-electron chi connectivity index (χ0n) is 13.4. The molecule has 0 fully saturated rings. The van der Waals surface area contributed by atoms with Crippen molar-refractivity contribution in [3.8, 4) is 17.4 Å². The van der Waals surface area contributed by atoms with E-state index in [0.717, 1.165) is 29.3 Å². The highest BCUT2D eigenvalue weighted by atomic mass is 79.9. The van der Waals surface area contributed by atoms with E-state index in [1.54, 1.807) is 12.1 Å². The molecule has 1 heterocycles. The highest BCUT2D eigenvalue weighted by molar-refractivity contribution is 9.10. The lowest BCUT2D eigenvalue weighted by Gasteiger charge is -2.02. The number of ether oxygens (including phenoxy) is 1. The van der Waals surface area contributed by atoms with Gasteiger partial charge in [0, 0.05) is 16.1 Å². The number of rotatable bonds is 7. The Labute approximate surface area is 149 Å². The maximum atomic E-state index is 11.9. The molecule has 1 aromatic carbocycles. The van der Waals surface area contributed by atoms with Crippen LogP contribution in [0.25, 0.3) is 17.4 Å². The Morgan fingerprint density at radius 3 is 2.67 bits per heavy atom. The zero-order chi connectivity index (χ0) is 17.4. The average Bonchev–Trinajstić information content (AvgIpc) is 3.05. The highest BCUT2D eigenvalue weighted by Crippen LogP contribution is 2.25. The van der Waals surface area contributed by atoms with E-state index in [-0.39, 0.29) is 5.57 Å². The summed E-state index contributed by atoms with van der Waals surface area (Å²) in [7, 11) is 0. The number of nitriles is 1. The van der Waals surface area contributed by atoms with Crippen LogP contribution in [0.1, 0.15) is 31.9 Å². The molecule has 0 N–H and O–H groups in total. The molecular formula is C19H18BrNO3. The molecule has 0 aliphatic heterocycles. The van der Waals surface area contributed by atoms with Crippen LogP contribution >= 0.6 is 15.9 Å². The fraction of sp³-hybridized carbons (Fsp3) is 0.263. The third-order valence-corrected chi connectivity index (χ3v) is 3.89. The molecule has 0 spiro atoms. The van der Waals surface area contributed by atoms with E-state index in [1.807, 2.05) is 30.3 Å². The fourth-order valence-corrected chi connectivity index (χ4v) is 2.34. The minimum atomic E-state index is -0.616. The monoisotopic (exact) mass is 387 g/mol. The second-order valence-corrected chi connectivity index (χ2v) is 6.14. The van der Waals surface area contributed by atoms with Gasteiger partial charge in [-0.25, -0.2) is 4.79 Å². The number of unbranched alkanes of at least 4 members (excludes halogenated alkanes) is 2. The van der Waals surface area contributed by atoms with E-state index >= 15 is 0 Å². The Hall–Kier alpha value is -2.32. The molecule has 1 aromatic heterocycles. The maximum Gasteiger partial charge on any atom is 0.349 e. The van der Waals surface area contributed by atoms with Crippen LogP contribution in [0.15, 0.2) is 50.9 Å². The molecule has 124 valence electrons. The van der Waals surface area contributed by atoms with Gasteiger partial charge in [-0.2, -0.15) is 5.26 Å². The van der Waals surface area contributed by atoms with Gasteiger partial charge >= 0.3 is 5.97 Å². The van der Waals surface area contributed by atoms with Gasteiger partial charge in [-0.05, 0) is 30.7 Å².